The molecule has 0 saturated heterocycles. The summed E-state index contributed by atoms with van der Waals surface area (Å²) in [7, 11) is 6.74. The van der Waals surface area contributed by atoms with Crippen LogP contribution in [0.5, 0.6) is 0 Å². The molecule has 8 heteroatoms. The van der Waals surface area contributed by atoms with E-state index in [2.05, 4.69) is 0 Å². The molecule has 0 aliphatic rings. The standard InChI is InChI=1S/2C3H10NSi.2ClH.2Sn/c2*1-5(2,3)4;;;;/h2*4H,1-3H3;2*1H;;/q2*-1;;;+1;+3/p-2. The summed E-state index contributed by atoms with van der Waals surface area (Å²) >= 11 is 2.04. The molecule has 0 spiro atoms. The molecule has 0 unspecified atom stereocenters. The van der Waals surface area contributed by atoms with Gasteiger partial charge in [0.1, 0.15) is 0 Å². The van der Waals surface area contributed by atoms with Crippen LogP contribution in [-0.4, -0.2) is 59.3 Å². The van der Waals surface area contributed by atoms with Crippen molar-refractivity contribution in [3.05, 3.63) is 10.8 Å². The van der Waals surface area contributed by atoms with E-state index in [1.807, 2.05) is 39.3 Å². The van der Waals surface area contributed by atoms with Crippen molar-refractivity contribution in [2.45, 2.75) is 39.3 Å². The van der Waals surface area contributed by atoms with Gasteiger partial charge in [-0.15, -0.1) is 0 Å². The zero-order chi connectivity index (χ0) is 13.0. The van der Waals surface area contributed by atoms with Crippen LogP contribution in [0.1, 0.15) is 0 Å². The fourth-order valence-corrected chi connectivity index (χ4v) is 0. The van der Waals surface area contributed by atoms with Crippen molar-refractivity contribution in [3.8, 4) is 0 Å². The Balaban J connectivity index is -0.0000000528. The van der Waals surface area contributed by atoms with Crippen molar-refractivity contribution >= 4 is 77.1 Å². The first-order valence-corrected chi connectivity index (χ1v) is 18.1. The monoisotopic (exact) mass is 486 g/mol. The molecule has 0 fully saturated rings. The average Bonchev–Trinajstić information content (AvgIpc) is 1.88. The molecule has 0 bridgehead atoms. The molecule has 0 aromatic heterocycles. The minimum atomic E-state index is -1.36. The van der Waals surface area contributed by atoms with Gasteiger partial charge in [0.25, 0.3) is 0 Å². The van der Waals surface area contributed by atoms with E-state index in [1.165, 1.54) is 0 Å². The first-order valence-electron chi connectivity index (χ1n) is 3.88. The summed E-state index contributed by atoms with van der Waals surface area (Å²) in [6, 6.07) is 0. The van der Waals surface area contributed by atoms with Crippen LogP contribution >= 0.6 is 17.8 Å². The summed E-state index contributed by atoms with van der Waals surface area (Å²) in [5.41, 5.74) is 0. The Hall–Kier alpha value is 2.53. The molecule has 2 nitrogen and oxygen atoms in total. The first-order chi connectivity index (χ1) is 6.00. The van der Waals surface area contributed by atoms with Crippen LogP contribution in [0, 0.1) is 0 Å². The van der Waals surface area contributed by atoms with Crippen molar-refractivity contribution in [1.29, 1.82) is 0 Å². The molecule has 0 aromatic carbocycles. The average molecular weight is 485 g/mol. The van der Waals surface area contributed by atoms with Gasteiger partial charge in [-0.2, -0.15) is 0 Å². The predicted octanol–water partition coefficient (Wildman–Crippen LogP) is 4.36. The van der Waals surface area contributed by atoms with E-state index in [-0.39, 0.29) is 0 Å². The van der Waals surface area contributed by atoms with Crippen molar-refractivity contribution < 1.29 is 0 Å². The van der Waals surface area contributed by atoms with Crippen LogP contribution < -0.4 is 0 Å². The Bertz CT molecular complexity index is 72.8. The molecule has 4 radical (unpaired) electrons. The molecule has 2 N–H and O–H groups in total. The van der Waals surface area contributed by atoms with Gasteiger partial charge in [0.05, 0.1) is 0 Å². The zero-order valence-electron chi connectivity index (χ0n) is 9.76. The Morgan fingerprint density at radius 3 is 0.786 bits per heavy atom. The van der Waals surface area contributed by atoms with Gasteiger partial charge in [-0.3, -0.25) is 0 Å². The van der Waals surface area contributed by atoms with E-state index < -0.39 is 16.5 Å². The predicted molar refractivity (Wildman–Crippen MR) is 78.5 cm³/mol. The second-order valence-electron chi connectivity index (χ2n) is 4.50. The van der Waals surface area contributed by atoms with Crippen molar-refractivity contribution in [2.75, 3.05) is 0 Å². The molecule has 0 aliphatic carbocycles. The molecule has 0 rings (SSSR count). The van der Waals surface area contributed by atoms with Crippen LogP contribution in [0.25, 0.3) is 10.8 Å². The summed E-state index contributed by atoms with van der Waals surface area (Å²) < 4.78 is 0. The summed E-state index contributed by atoms with van der Waals surface area (Å²) in [5.74, 6) is 0. The third-order valence-corrected chi connectivity index (χ3v) is 0. The van der Waals surface area contributed by atoms with Crippen molar-refractivity contribution in [1.82, 2.24) is 0 Å². The quantitative estimate of drug-likeness (QED) is 0.459. The number of rotatable bonds is 0. The summed E-state index contributed by atoms with van der Waals surface area (Å²) in [6.07, 6.45) is 0. The number of hydrogen-bond donors (Lipinski definition) is 0. The molecular weight excluding hydrogens is 465 g/mol. The van der Waals surface area contributed by atoms with Crippen LogP contribution in [0.15, 0.2) is 0 Å². The van der Waals surface area contributed by atoms with Gasteiger partial charge in [-0.25, -0.2) is 0 Å². The van der Waals surface area contributed by atoms with E-state index in [9.17, 15) is 0 Å². The Morgan fingerprint density at radius 2 is 0.786 bits per heavy atom. The molecule has 0 amide bonds. The number of halogens is 2. The fourth-order valence-electron chi connectivity index (χ4n) is 0. The Kier molecular flexibility index (Phi) is 28.2. The molecule has 0 aliphatic heterocycles. The van der Waals surface area contributed by atoms with Gasteiger partial charge < -0.3 is 10.8 Å². The second-order valence-corrected chi connectivity index (χ2v) is 13.5. The minimum absolute atomic E-state index is 1.02. The maximum atomic E-state index is 7.08. The van der Waals surface area contributed by atoms with Gasteiger partial charge in [-0.1, -0.05) is 55.8 Å². The molecule has 0 aromatic rings. The Labute approximate surface area is 126 Å². The van der Waals surface area contributed by atoms with Crippen LogP contribution in [0.3, 0.4) is 0 Å². The summed E-state index contributed by atoms with van der Waals surface area (Å²) in [5, 5.41) is 14.2. The topological polar surface area (TPSA) is 47.6 Å². The van der Waals surface area contributed by atoms with Crippen molar-refractivity contribution in [2.24, 2.45) is 0 Å². The van der Waals surface area contributed by atoms with Crippen LogP contribution in [-0.2, 0) is 0 Å². The zero-order valence-corrected chi connectivity index (χ0v) is 19.0. The normalized spacial score (nSPS) is 9.29. The van der Waals surface area contributed by atoms with Gasteiger partial charge >= 0.3 is 60.6 Å². The molecule has 0 heterocycles. The van der Waals surface area contributed by atoms with Crippen LogP contribution in [0.2, 0.25) is 39.3 Å². The molecule has 0 atom stereocenters. The van der Waals surface area contributed by atoms with E-state index >= 15 is 0 Å². The van der Waals surface area contributed by atoms with Gasteiger partial charge in [-0.05, 0) is 0 Å². The first kappa shape index (κ1) is 25.4. The SMILES string of the molecule is C[Si](C)(C)[NH-].C[Si](C)(C)[NH-].[Cl][Sn+2].[Cl][Sn]. The number of hydrogen-bond acceptors (Lipinski definition) is 0. The van der Waals surface area contributed by atoms with E-state index in [0.29, 0.717) is 0 Å². The Morgan fingerprint density at radius 1 is 0.786 bits per heavy atom. The van der Waals surface area contributed by atoms with E-state index in [1.54, 1.807) is 0 Å². The third kappa shape index (κ3) is 415. The van der Waals surface area contributed by atoms with Crippen molar-refractivity contribution in [3.63, 3.8) is 0 Å². The van der Waals surface area contributed by atoms with Gasteiger partial charge in [0, 0.05) is 0 Å². The summed E-state index contributed by atoms with van der Waals surface area (Å²) in [6.45, 7) is 12.0. The number of nitrogens with one attached hydrogen (secondary N) is 2. The molecular formula is C6H20Cl2N2Si2Sn2. The third-order valence-electron chi connectivity index (χ3n) is 0. The second kappa shape index (κ2) is 15.5. The van der Waals surface area contributed by atoms with Gasteiger partial charge in [0.15, 0.2) is 0 Å². The fraction of sp³-hybridized carbons (Fsp3) is 1.00. The van der Waals surface area contributed by atoms with E-state index in [0.717, 1.165) is 42.8 Å². The maximum absolute atomic E-state index is 7.08. The van der Waals surface area contributed by atoms with Gasteiger partial charge in [0.2, 0.25) is 0 Å². The molecule has 84 valence electrons. The summed E-state index contributed by atoms with van der Waals surface area (Å²) in [4.78, 5) is 0. The van der Waals surface area contributed by atoms with Crippen LogP contribution in [0.4, 0.5) is 0 Å². The van der Waals surface area contributed by atoms with E-state index in [4.69, 9.17) is 28.6 Å². The molecule has 14 heavy (non-hydrogen) atoms. The molecule has 0 saturated carbocycles.